The van der Waals surface area contributed by atoms with Crippen molar-refractivity contribution in [1.29, 1.82) is 5.26 Å². The topological polar surface area (TPSA) is 81.5 Å². The SMILES string of the molecule is N#Cc1cccc(C(=O)N2CCN(S(=O)(=O)C3CC3)CC2)c1. The second-order valence-corrected chi connectivity index (χ2v) is 7.84. The summed E-state index contributed by atoms with van der Waals surface area (Å²) in [7, 11) is -3.16. The molecule has 0 atom stereocenters. The van der Waals surface area contributed by atoms with E-state index in [1.807, 2.05) is 6.07 Å². The molecule has 2 aliphatic rings. The van der Waals surface area contributed by atoms with Gasteiger partial charge in [0.2, 0.25) is 10.0 Å². The third-order valence-electron chi connectivity index (χ3n) is 4.07. The van der Waals surface area contributed by atoms with E-state index in [4.69, 9.17) is 5.26 Å². The molecule has 0 N–H and O–H groups in total. The number of benzene rings is 1. The second-order valence-electron chi connectivity index (χ2n) is 5.63. The predicted molar refractivity (Wildman–Crippen MR) is 80.6 cm³/mol. The first-order valence-corrected chi connectivity index (χ1v) is 8.81. The Hall–Kier alpha value is -1.91. The fraction of sp³-hybridized carbons (Fsp3) is 0.467. The van der Waals surface area contributed by atoms with E-state index in [2.05, 4.69) is 0 Å². The van der Waals surface area contributed by atoms with Gasteiger partial charge in [-0.25, -0.2) is 8.42 Å². The first-order chi connectivity index (χ1) is 10.5. The summed E-state index contributed by atoms with van der Waals surface area (Å²) in [5.74, 6) is -0.152. The van der Waals surface area contributed by atoms with E-state index in [-0.39, 0.29) is 11.2 Å². The molecule has 1 aliphatic carbocycles. The van der Waals surface area contributed by atoms with Gasteiger partial charge < -0.3 is 4.90 Å². The Morgan fingerprint density at radius 1 is 1.18 bits per heavy atom. The highest BCUT2D eigenvalue weighted by Gasteiger charge is 2.41. The molecular formula is C15H17N3O3S. The van der Waals surface area contributed by atoms with E-state index < -0.39 is 10.0 Å². The van der Waals surface area contributed by atoms with Crippen molar-refractivity contribution in [2.45, 2.75) is 18.1 Å². The standard InChI is InChI=1S/C15H17N3O3S/c16-11-12-2-1-3-13(10-12)15(19)17-6-8-18(9-7-17)22(20,21)14-4-5-14/h1-3,10,14H,4-9H2. The summed E-state index contributed by atoms with van der Waals surface area (Å²) in [6.07, 6.45) is 1.50. The Bertz CT molecular complexity index is 727. The first kappa shape index (κ1) is 15.0. The van der Waals surface area contributed by atoms with Crippen LogP contribution in [-0.2, 0) is 10.0 Å². The van der Waals surface area contributed by atoms with E-state index in [1.54, 1.807) is 29.2 Å². The summed E-state index contributed by atoms with van der Waals surface area (Å²) in [6.45, 7) is 1.48. The lowest BCUT2D eigenvalue weighted by Gasteiger charge is -2.34. The van der Waals surface area contributed by atoms with Gasteiger partial charge in [-0.05, 0) is 31.0 Å². The number of hydrogen-bond acceptors (Lipinski definition) is 4. The van der Waals surface area contributed by atoms with Gasteiger partial charge in [0.05, 0.1) is 16.9 Å². The zero-order chi connectivity index (χ0) is 15.7. The molecule has 1 amide bonds. The lowest BCUT2D eigenvalue weighted by atomic mass is 10.1. The molecule has 0 spiro atoms. The van der Waals surface area contributed by atoms with Crippen molar-refractivity contribution < 1.29 is 13.2 Å². The minimum absolute atomic E-state index is 0.152. The molecule has 7 heteroatoms. The molecule has 0 bridgehead atoms. The van der Waals surface area contributed by atoms with E-state index >= 15 is 0 Å². The van der Waals surface area contributed by atoms with Crippen molar-refractivity contribution >= 4 is 15.9 Å². The molecule has 2 fully saturated rings. The molecule has 1 saturated heterocycles. The number of piperazine rings is 1. The van der Waals surface area contributed by atoms with Crippen LogP contribution in [0.25, 0.3) is 0 Å². The van der Waals surface area contributed by atoms with Crippen LogP contribution in [0.5, 0.6) is 0 Å². The molecule has 22 heavy (non-hydrogen) atoms. The maximum atomic E-state index is 12.4. The second kappa shape index (κ2) is 5.71. The van der Waals surface area contributed by atoms with Gasteiger partial charge >= 0.3 is 0 Å². The van der Waals surface area contributed by atoms with Crippen LogP contribution in [0.15, 0.2) is 24.3 Å². The summed E-state index contributed by atoms with van der Waals surface area (Å²) in [5, 5.41) is 8.68. The van der Waals surface area contributed by atoms with Crippen molar-refractivity contribution in [2.24, 2.45) is 0 Å². The summed E-state index contributed by atoms with van der Waals surface area (Å²) in [4.78, 5) is 14.1. The van der Waals surface area contributed by atoms with Crippen molar-refractivity contribution in [2.75, 3.05) is 26.2 Å². The number of carbonyl (C=O) groups excluding carboxylic acids is 1. The first-order valence-electron chi connectivity index (χ1n) is 7.31. The molecule has 6 nitrogen and oxygen atoms in total. The highest BCUT2D eigenvalue weighted by Crippen LogP contribution is 2.31. The monoisotopic (exact) mass is 319 g/mol. The van der Waals surface area contributed by atoms with Crippen LogP contribution in [0.4, 0.5) is 0 Å². The predicted octanol–water partition coefficient (Wildman–Crippen LogP) is 0.808. The van der Waals surface area contributed by atoms with Crippen LogP contribution in [-0.4, -0.2) is 55.0 Å². The lowest BCUT2D eigenvalue weighted by molar-refractivity contribution is 0.0698. The van der Waals surface area contributed by atoms with Crippen LogP contribution in [0, 0.1) is 11.3 Å². The fourth-order valence-electron chi connectivity index (χ4n) is 2.63. The Kier molecular flexibility index (Phi) is 3.89. The zero-order valence-corrected chi connectivity index (χ0v) is 12.9. The van der Waals surface area contributed by atoms with Gasteiger partial charge in [0.15, 0.2) is 0 Å². The summed E-state index contributed by atoms with van der Waals surface area (Å²) >= 11 is 0. The van der Waals surface area contributed by atoms with E-state index in [1.165, 1.54) is 4.31 Å². The molecule has 0 radical (unpaired) electrons. The number of nitrogens with zero attached hydrogens (tertiary/aromatic N) is 3. The van der Waals surface area contributed by atoms with Gasteiger partial charge in [-0.1, -0.05) is 6.07 Å². The molecule has 1 aromatic rings. The molecule has 3 rings (SSSR count). The molecule has 1 saturated carbocycles. The third kappa shape index (κ3) is 2.85. The number of sulfonamides is 1. The van der Waals surface area contributed by atoms with Gasteiger partial charge in [0.25, 0.3) is 5.91 Å². The Labute approximate surface area is 130 Å². The van der Waals surface area contributed by atoms with Gasteiger partial charge in [0.1, 0.15) is 0 Å². The third-order valence-corrected chi connectivity index (χ3v) is 6.47. The quantitative estimate of drug-likeness (QED) is 0.825. The van der Waals surface area contributed by atoms with Gasteiger partial charge in [0, 0.05) is 31.7 Å². The largest absolute Gasteiger partial charge is 0.336 e. The molecule has 0 aromatic heterocycles. The normalized spacial score (nSPS) is 19.7. The van der Waals surface area contributed by atoms with Crippen LogP contribution in [0.1, 0.15) is 28.8 Å². The van der Waals surface area contributed by atoms with Crippen molar-refractivity contribution in [3.05, 3.63) is 35.4 Å². The fourth-order valence-corrected chi connectivity index (χ4v) is 4.45. The minimum Gasteiger partial charge on any atom is -0.336 e. The Morgan fingerprint density at radius 3 is 2.45 bits per heavy atom. The Morgan fingerprint density at radius 2 is 1.86 bits per heavy atom. The molecular weight excluding hydrogens is 302 g/mol. The van der Waals surface area contributed by atoms with Crippen LogP contribution < -0.4 is 0 Å². The molecule has 1 aromatic carbocycles. The summed E-state index contributed by atoms with van der Waals surface area (Å²) in [6, 6.07) is 8.59. The summed E-state index contributed by atoms with van der Waals surface area (Å²) < 4.78 is 25.8. The number of carbonyl (C=O) groups is 1. The van der Waals surface area contributed by atoms with Gasteiger partial charge in [-0.3, -0.25) is 4.79 Å². The maximum absolute atomic E-state index is 12.4. The summed E-state index contributed by atoms with van der Waals surface area (Å²) in [5.41, 5.74) is 0.915. The maximum Gasteiger partial charge on any atom is 0.253 e. The average Bonchev–Trinajstić information content (AvgIpc) is 3.40. The van der Waals surface area contributed by atoms with Crippen molar-refractivity contribution in [1.82, 2.24) is 9.21 Å². The molecule has 116 valence electrons. The van der Waals surface area contributed by atoms with E-state index in [9.17, 15) is 13.2 Å². The van der Waals surface area contributed by atoms with Crippen LogP contribution in [0.3, 0.4) is 0 Å². The van der Waals surface area contributed by atoms with E-state index in [0.717, 1.165) is 12.8 Å². The zero-order valence-electron chi connectivity index (χ0n) is 12.1. The number of hydrogen-bond donors (Lipinski definition) is 0. The number of rotatable bonds is 3. The number of amides is 1. The highest BCUT2D eigenvalue weighted by atomic mass is 32.2. The Balaban J connectivity index is 1.66. The smallest absolute Gasteiger partial charge is 0.253 e. The lowest BCUT2D eigenvalue weighted by Crippen LogP contribution is -2.51. The molecule has 1 aliphatic heterocycles. The van der Waals surface area contributed by atoms with Crippen molar-refractivity contribution in [3.63, 3.8) is 0 Å². The average molecular weight is 319 g/mol. The minimum atomic E-state index is -3.16. The number of nitriles is 1. The van der Waals surface area contributed by atoms with Gasteiger partial charge in [-0.15, -0.1) is 0 Å². The highest BCUT2D eigenvalue weighted by molar-refractivity contribution is 7.90. The van der Waals surface area contributed by atoms with Gasteiger partial charge in [-0.2, -0.15) is 9.57 Å². The van der Waals surface area contributed by atoms with Crippen LogP contribution >= 0.6 is 0 Å². The van der Waals surface area contributed by atoms with E-state index in [0.29, 0.717) is 37.3 Å². The molecule has 1 heterocycles. The van der Waals surface area contributed by atoms with Crippen molar-refractivity contribution in [3.8, 4) is 6.07 Å². The molecule has 0 unspecified atom stereocenters. The van der Waals surface area contributed by atoms with Crippen LogP contribution in [0.2, 0.25) is 0 Å².